The van der Waals surface area contributed by atoms with Crippen LogP contribution in [0.2, 0.25) is 0 Å². The van der Waals surface area contributed by atoms with Crippen LogP contribution in [0.5, 0.6) is 11.5 Å². The number of amides is 1. The van der Waals surface area contributed by atoms with Crippen LogP contribution in [-0.4, -0.2) is 26.1 Å². The number of carbonyl (C=O) groups is 1. The van der Waals surface area contributed by atoms with Gasteiger partial charge in [0, 0.05) is 6.42 Å². The first-order chi connectivity index (χ1) is 12.1. The van der Waals surface area contributed by atoms with E-state index >= 15 is 0 Å². The number of nitrogens with one attached hydrogen (secondary N) is 3. The van der Waals surface area contributed by atoms with Crippen molar-refractivity contribution in [3.05, 3.63) is 39.8 Å². The van der Waals surface area contributed by atoms with E-state index in [1.165, 1.54) is 21.4 Å². The van der Waals surface area contributed by atoms with Gasteiger partial charge in [-0.05, 0) is 24.1 Å². The maximum Gasteiger partial charge on any atom is 0.256 e. The quantitative estimate of drug-likeness (QED) is 0.752. The van der Waals surface area contributed by atoms with Gasteiger partial charge in [0.05, 0.1) is 30.6 Å². The van der Waals surface area contributed by atoms with Gasteiger partial charge in [-0.2, -0.15) is 0 Å². The second-order valence-corrected chi connectivity index (χ2v) is 7.64. The molecule has 0 aliphatic carbocycles. The van der Waals surface area contributed by atoms with Crippen molar-refractivity contribution in [2.24, 2.45) is 0 Å². The number of ether oxygens (including phenoxy) is 1. The van der Waals surface area contributed by atoms with Crippen LogP contribution in [0.25, 0.3) is 0 Å². The average molecular weight is 359 g/mol. The summed E-state index contributed by atoms with van der Waals surface area (Å²) in [5.41, 5.74) is 2.81. The molecule has 0 bridgehead atoms. The summed E-state index contributed by atoms with van der Waals surface area (Å²) in [4.78, 5) is 15.5. The van der Waals surface area contributed by atoms with E-state index in [-0.39, 0.29) is 17.8 Å². The fourth-order valence-corrected chi connectivity index (χ4v) is 4.86. The highest BCUT2D eigenvalue weighted by Crippen LogP contribution is 2.39. The van der Waals surface area contributed by atoms with Gasteiger partial charge >= 0.3 is 0 Å². The molecule has 1 amide bonds. The Morgan fingerprint density at radius 1 is 1.40 bits per heavy atom. The Morgan fingerprint density at radius 3 is 3.04 bits per heavy atom. The van der Waals surface area contributed by atoms with E-state index in [2.05, 4.69) is 17.7 Å². The SMILES string of the molecule is CCOc1cc(C2NC(=O)c3c(sc4c3CC[NH+](C)C4)N2)ccc1[O-]. The Kier molecular flexibility index (Phi) is 4.05. The van der Waals surface area contributed by atoms with Crippen molar-refractivity contribution in [1.29, 1.82) is 0 Å². The summed E-state index contributed by atoms with van der Waals surface area (Å²) in [7, 11) is 2.18. The van der Waals surface area contributed by atoms with Crippen molar-refractivity contribution in [3.63, 3.8) is 0 Å². The van der Waals surface area contributed by atoms with E-state index < -0.39 is 0 Å². The first-order valence-corrected chi connectivity index (χ1v) is 9.35. The molecular weight excluding hydrogens is 338 g/mol. The number of hydrogen-bond acceptors (Lipinski definition) is 5. The molecule has 6 nitrogen and oxygen atoms in total. The number of likely N-dealkylation sites (N-methyl/N-ethyl adjacent to an activating group) is 1. The lowest BCUT2D eigenvalue weighted by atomic mass is 10.0. The molecule has 2 aliphatic heterocycles. The highest BCUT2D eigenvalue weighted by atomic mass is 32.1. The lowest BCUT2D eigenvalue weighted by molar-refractivity contribution is -0.895. The Balaban J connectivity index is 1.66. The molecule has 0 saturated heterocycles. The molecule has 2 aromatic rings. The zero-order valence-electron chi connectivity index (χ0n) is 14.3. The molecule has 3 N–H and O–H groups in total. The fraction of sp³-hybridized carbons (Fsp3) is 0.389. The van der Waals surface area contributed by atoms with Gasteiger partial charge < -0.3 is 25.4 Å². The molecule has 3 heterocycles. The van der Waals surface area contributed by atoms with Crippen LogP contribution in [-0.2, 0) is 13.0 Å². The first-order valence-electron chi connectivity index (χ1n) is 8.53. The summed E-state index contributed by atoms with van der Waals surface area (Å²) in [6, 6.07) is 4.93. The molecule has 1 aromatic carbocycles. The number of quaternary nitrogens is 1. The summed E-state index contributed by atoms with van der Waals surface area (Å²) < 4.78 is 5.39. The van der Waals surface area contributed by atoms with E-state index in [0.29, 0.717) is 12.4 Å². The topological polar surface area (TPSA) is 77.9 Å². The van der Waals surface area contributed by atoms with Crippen LogP contribution < -0.4 is 25.4 Å². The van der Waals surface area contributed by atoms with E-state index in [1.54, 1.807) is 23.5 Å². The number of benzene rings is 1. The molecule has 0 fully saturated rings. The van der Waals surface area contributed by atoms with Gasteiger partial charge in [-0.3, -0.25) is 4.79 Å². The molecule has 4 rings (SSSR count). The minimum absolute atomic E-state index is 0.0417. The molecule has 25 heavy (non-hydrogen) atoms. The number of thiophene rings is 1. The van der Waals surface area contributed by atoms with Crippen LogP contribution in [0, 0.1) is 0 Å². The van der Waals surface area contributed by atoms with Crippen LogP contribution in [0.4, 0.5) is 5.00 Å². The normalized spacial score (nSPS) is 21.8. The van der Waals surface area contributed by atoms with Crippen molar-refractivity contribution in [2.45, 2.75) is 26.1 Å². The predicted molar refractivity (Wildman–Crippen MR) is 94.4 cm³/mol. The molecule has 7 heteroatoms. The molecule has 0 radical (unpaired) electrons. The van der Waals surface area contributed by atoms with Gasteiger partial charge in [-0.1, -0.05) is 17.9 Å². The minimum atomic E-state index is -0.356. The van der Waals surface area contributed by atoms with Gasteiger partial charge in [0.25, 0.3) is 5.91 Å². The van der Waals surface area contributed by atoms with Crippen molar-refractivity contribution in [1.82, 2.24) is 5.32 Å². The fourth-order valence-electron chi connectivity index (χ4n) is 3.47. The van der Waals surface area contributed by atoms with Crippen molar-refractivity contribution in [2.75, 3.05) is 25.5 Å². The molecular formula is C18H21N3O3S. The molecule has 0 spiro atoms. The second-order valence-electron chi connectivity index (χ2n) is 6.53. The number of rotatable bonds is 3. The number of hydrogen-bond donors (Lipinski definition) is 3. The third-order valence-corrected chi connectivity index (χ3v) is 5.90. The van der Waals surface area contributed by atoms with Gasteiger partial charge in [0.1, 0.15) is 23.5 Å². The van der Waals surface area contributed by atoms with Crippen LogP contribution in [0.3, 0.4) is 0 Å². The van der Waals surface area contributed by atoms with Crippen LogP contribution in [0.1, 0.15) is 39.5 Å². The summed E-state index contributed by atoms with van der Waals surface area (Å²) in [6.45, 7) is 4.29. The summed E-state index contributed by atoms with van der Waals surface area (Å²) >= 11 is 1.68. The van der Waals surface area contributed by atoms with E-state index in [0.717, 1.165) is 35.6 Å². The molecule has 2 atom stereocenters. The molecule has 0 saturated carbocycles. The molecule has 132 valence electrons. The summed E-state index contributed by atoms with van der Waals surface area (Å²) in [6.07, 6.45) is 0.580. The Bertz CT molecular complexity index is 833. The van der Waals surface area contributed by atoms with E-state index in [4.69, 9.17) is 4.74 Å². The Hall–Kier alpha value is -2.25. The summed E-state index contributed by atoms with van der Waals surface area (Å²) in [5.74, 6) is 0.128. The smallest absolute Gasteiger partial charge is 0.256 e. The van der Waals surface area contributed by atoms with Crippen molar-refractivity contribution in [3.8, 4) is 11.5 Å². The van der Waals surface area contributed by atoms with Crippen LogP contribution in [0.15, 0.2) is 18.2 Å². The highest BCUT2D eigenvalue weighted by molar-refractivity contribution is 7.16. The van der Waals surface area contributed by atoms with Gasteiger partial charge in [0.15, 0.2) is 0 Å². The Morgan fingerprint density at radius 2 is 2.24 bits per heavy atom. The maximum absolute atomic E-state index is 12.7. The lowest BCUT2D eigenvalue weighted by Gasteiger charge is -2.28. The largest absolute Gasteiger partial charge is 0.870 e. The summed E-state index contributed by atoms with van der Waals surface area (Å²) in [5, 5.41) is 19.2. The Labute approximate surface area is 150 Å². The van der Waals surface area contributed by atoms with Crippen LogP contribution >= 0.6 is 11.3 Å². The minimum Gasteiger partial charge on any atom is -0.870 e. The lowest BCUT2D eigenvalue weighted by Crippen LogP contribution is -3.08. The molecule has 1 aromatic heterocycles. The van der Waals surface area contributed by atoms with E-state index in [9.17, 15) is 9.90 Å². The number of carbonyl (C=O) groups excluding carboxylic acids is 1. The van der Waals surface area contributed by atoms with Gasteiger partial charge in [0.2, 0.25) is 0 Å². The van der Waals surface area contributed by atoms with Gasteiger partial charge in [-0.15, -0.1) is 11.3 Å². The van der Waals surface area contributed by atoms with Crippen molar-refractivity contribution >= 4 is 22.2 Å². The zero-order chi connectivity index (χ0) is 17.6. The monoisotopic (exact) mass is 359 g/mol. The average Bonchev–Trinajstić information content (AvgIpc) is 2.94. The van der Waals surface area contributed by atoms with E-state index in [1.807, 2.05) is 6.92 Å². The standard InChI is InChI=1S/C18H21N3O3S/c1-3-24-13-8-10(4-5-12(13)22)16-19-17(23)15-11-6-7-21(2)9-14(11)25-18(15)20-16/h4-5,8,16,20,22H,3,6-7,9H2,1-2H3,(H,19,23). The second kappa shape index (κ2) is 6.24. The maximum atomic E-state index is 12.7. The molecule has 2 aliphatic rings. The molecule has 2 unspecified atom stereocenters. The first kappa shape index (κ1) is 16.2. The van der Waals surface area contributed by atoms with Gasteiger partial charge in [-0.25, -0.2) is 0 Å². The third kappa shape index (κ3) is 2.83. The highest BCUT2D eigenvalue weighted by Gasteiger charge is 2.33. The zero-order valence-corrected chi connectivity index (χ0v) is 15.1. The number of fused-ring (bicyclic) bond motifs is 3. The van der Waals surface area contributed by atoms with Crippen molar-refractivity contribution < 1.29 is 19.5 Å². The predicted octanol–water partition coefficient (Wildman–Crippen LogP) is 0.645. The number of anilines is 1. The third-order valence-electron chi connectivity index (χ3n) is 4.73.